The third-order valence-electron chi connectivity index (χ3n) is 4.68. The molecule has 0 aliphatic heterocycles. The van der Waals surface area contributed by atoms with E-state index < -0.39 is 66.6 Å². The van der Waals surface area contributed by atoms with Gasteiger partial charge in [0.05, 0.1) is 0 Å². The highest BCUT2D eigenvalue weighted by molar-refractivity contribution is 5.15. The van der Waals surface area contributed by atoms with Crippen molar-refractivity contribution in [2.75, 3.05) is 0 Å². The van der Waals surface area contributed by atoms with Gasteiger partial charge >= 0.3 is 47.4 Å². The zero-order valence-corrected chi connectivity index (χ0v) is 16.3. The second-order valence-electron chi connectivity index (χ2n) is 7.02. The molecule has 0 heterocycles. The second kappa shape index (κ2) is 8.91. The third kappa shape index (κ3) is 4.34. The molecule has 0 nitrogen and oxygen atoms in total. The summed E-state index contributed by atoms with van der Waals surface area (Å²) in [6.07, 6.45) is -5.62. The summed E-state index contributed by atoms with van der Waals surface area (Å²) < 4.78 is 215. The van der Waals surface area contributed by atoms with E-state index in [0.29, 0.717) is 6.42 Å². The summed E-state index contributed by atoms with van der Waals surface area (Å²) >= 11 is 0. The molecule has 0 aromatic rings. The van der Waals surface area contributed by atoms with E-state index in [4.69, 9.17) is 0 Å². The monoisotopic (exact) mass is 514 g/mol. The van der Waals surface area contributed by atoms with Crippen LogP contribution in [-0.2, 0) is 0 Å². The summed E-state index contributed by atoms with van der Waals surface area (Å²) in [6, 6.07) is 0. The molecule has 0 unspecified atom stereocenters. The number of unbranched alkanes of at least 4 members (excludes halogenated alkanes) is 3. The Balaban J connectivity index is 6.43. The molecule has 194 valence electrons. The van der Waals surface area contributed by atoms with Crippen LogP contribution in [0.2, 0.25) is 0 Å². The zero-order chi connectivity index (χ0) is 26.2. The van der Waals surface area contributed by atoms with Crippen molar-refractivity contribution in [1.29, 1.82) is 0 Å². The summed E-state index contributed by atoms with van der Waals surface area (Å²) in [5.74, 6) is -60.1. The van der Waals surface area contributed by atoms with Gasteiger partial charge in [0.15, 0.2) is 0 Å². The first kappa shape index (κ1) is 30.9. The van der Waals surface area contributed by atoms with Crippen LogP contribution in [-0.4, -0.2) is 47.4 Å². The molecule has 0 rings (SSSR count). The van der Waals surface area contributed by atoms with E-state index in [1.165, 1.54) is 6.92 Å². The Bertz CT molecular complexity index is 622. The molecule has 0 fully saturated rings. The second-order valence-corrected chi connectivity index (χ2v) is 7.02. The topological polar surface area (TPSA) is 0 Å². The number of hydrogen-bond donors (Lipinski definition) is 0. The lowest BCUT2D eigenvalue weighted by molar-refractivity contribution is -0.453. The van der Waals surface area contributed by atoms with E-state index in [0.717, 1.165) is 0 Å². The van der Waals surface area contributed by atoms with Crippen LogP contribution in [0.1, 0.15) is 52.4 Å². The minimum atomic E-state index is -8.33. The molecule has 0 aromatic heterocycles. The lowest BCUT2D eigenvalue weighted by atomic mass is 9.86. The minimum absolute atomic E-state index is 0.00211. The van der Waals surface area contributed by atoms with Gasteiger partial charge < -0.3 is 0 Å². The SMILES string of the molecule is CCCCCCC(F)(F)C(F)(F)C(F)(F)C(F)(F)C(F)(F)C(F)(F)C(F)(F)C(F)(F)CC. The van der Waals surface area contributed by atoms with E-state index in [2.05, 4.69) is 0 Å². The van der Waals surface area contributed by atoms with Crippen molar-refractivity contribution in [3.63, 3.8) is 0 Å². The fourth-order valence-electron chi connectivity index (χ4n) is 2.40. The molecule has 16 heteroatoms. The van der Waals surface area contributed by atoms with Gasteiger partial charge in [0.25, 0.3) is 0 Å². The average Bonchev–Trinajstić information content (AvgIpc) is 2.63. The maximum atomic E-state index is 13.6. The molecule has 0 saturated heterocycles. The first-order valence-electron chi connectivity index (χ1n) is 8.90. The Morgan fingerprint density at radius 1 is 0.375 bits per heavy atom. The highest BCUT2D eigenvalue weighted by Gasteiger charge is 2.94. The van der Waals surface area contributed by atoms with E-state index in [-0.39, 0.29) is 19.8 Å². The van der Waals surface area contributed by atoms with E-state index in [1.807, 2.05) is 0 Å². The standard InChI is InChI=1S/C16H18F16/c1-3-5-6-7-8-10(19,20)12(23,24)14(27,28)16(31,32)15(29,30)13(25,26)11(21,22)9(17,18)4-2/h3-8H2,1-2H3. The Morgan fingerprint density at radius 2 is 0.688 bits per heavy atom. The summed E-state index contributed by atoms with van der Waals surface area (Å²) in [7, 11) is 0. The van der Waals surface area contributed by atoms with Crippen molar-refractivity contribution in [2.45, 2.75) is 99.8 Å². The van der Waals surface area contributed by atoms with Crippen LogP contribution in [0.4, 0.5) is 70.2 Å². The summed E-state index contributed by atoms with van der Waals surface area (Å²) in [5, 5.41) is 0. The van der Waals surface area contributed by atoms with Gasteiger partial charge in [-0.2, -0.15) is 70.2 Å². The maximum Gasteiger partial charge on any atom is 0.384 e. The molecule has 0 aliphatic rings. The van der Waals surface area contributed by atoms with Crippen LogP contribution >= 0.6 is 0 Å². The molecular formula is C16H18F16. The molecule has 0 aliphatic carbocycles. The van der Waals surface area contributed by atoms with Crippen LogP contribution < -0.4 is 0 Å². The van der Waals surface area contributed by atoms with Gasteiger partial charge in [0, 0.05) is 12.8 Å². The van der Waals surface area contributed by atoms with Gasteiger partial charge in [-0.15, -0.1) is 0 Å². The Labute approximate surface area is 171 Å². The first-order chi connectivity index (χ1) is 13.9. The highest BCUT2D eigenvalue weighted by Crippen LogP contribution is 2.64. The lowest BCUT2D eigenvalue weighted by Gasteiger charge is -2.43. The fraction of sp³-hybridized carbons (Fsp3) is 1.00. The number of halogens is 16. The largest absolute Gasteiger partial charge is 0.384 e. The molecule has 0 amide bonds. The quantitative estimate of drug-likeness (QED) is 0.171. The Kier molecular flexibility index (Phi) is 8.60. The summed E-state index contributed by atoms with van der Waals surface area (Å²) in [6.45, 7) is 1.49. The van der Waals surface area contributed by atoms with Crippen molar-refractivity contribution in [3.8, 4) is 0 Å². The van der Waals surface area contributed by atoms with Crippen LogP contribution in [0.25, 0.3) is 0 Å². The minimum Gasteiger partial charge on any atom is -0.200 e. The highest BCUT2D eigenvalue weighted by atomic mass is 19.4. The number of hydrogen-bond acceptors (Lipinski definition) is 0. The molecular weight excluding hydrogens is 496 g/mol. The third-order valence-corrected chi connectivity index (χ3v) is 4.68. The van der Waals surface area contributed by atoms with Gasteiger partial charge in [-0.3, -0.25) is 0 Å². The first-order valence-corrected chi connectivity index (χ1v) is 8.90. The van der Waals surface area contributed by atoms with Gasteiger partial charge in [-0.25, -0.2) is 0 Å². The van der Waals surface area contributed by atoms with E-state index in [9.17, 15) is 70.2 Å². The van der Waals surface area contributed by atoms with Gasteiger partial charge in [-0.05, 0) is 6.42 Å². The van der Waals surface area contributed by atoms with E-state index in [1.54, 1.807) is 0 Å². The molecule has 0 bridgehead atoms. The van der Waals surface area contributed by atoms with Crippen molar-refractivity contribution >= 4 is 0 Å². The van der Waals surface area contributed by atoms with Crippen LogP contribution in [0.3, 0.4) is 0 Å². The van der Waals surface area contributed by atoms with E-state index >= 15 is 0 Å². The van der Waals surface area contributed by atoms with Crippen molar-refractivity contribution in [1.82, 2.24) is 0 Å². The zero-order valence-electron chi connectivity index (χ0n) is 16.3. The molecule has 32 heavy (non-hydrogen) atoms. The molecule has 0 aromatic carbocycles. The normalized spacial score (nSPS) is 15.9. The summed E-state index contributed by atoms with van der Waals surface area (Å²) in [4.78, 5) is 0. The number of rotatable bonds is 13. The van der Waals surface area contributed by atoms with Crippen LogP contribution in [0, 0.1) is 0 Å². The Morgan fingerprint density at radius 3 is 1.00 bits per heavy atom. The van der Waals surface area contributed by atoms with Crippen LogP contribution in [0.15, 0.2) is 0 Å². The van der Waals surface area contributed by atoms with Crippen LogP contribution in [0.5, 0.6) is 0 Å². The fourth-order valence-corrected chi connectivity index (χ4v) is 2.40. The average molecular weight is 514 g/mol. The van der Waals surface area contributed by atoms with Crippen molar-refractivity contribution < 1.29 is 70.2 Å². The van der Waals surface area contributed by atoms with Crippen molar-refractivity contribution in [3.05, 3.63) is 0 Å². The van der Waals surface area contributed by atoms with Gasteiger partial charge in [0.1, 0.15) is 0 Å². The Hall–Kier alpha value is -1.12. The molecule has 0 spiro atoms. The van der Waals surface area contributed by atoms with Gasteiger partial charge in [-0.1, -0.05) is 33.1 Å². The summed E-state index contributed by atoms with van der Waals surface area (Å²) in [5.41, 5.74) is 0. The molecule has 0 N–H and O–H groups in total. The predicted octanol–water partition coefficient (Wildman–Crippen LogP) is 8.45. The molecule has 0 radical (unpaired) electrons. The molecule has 0 atom stereocenters. The smallest absolute Gasteiger partial charge is 0.200 e. The maximum absolute atomic E-state index is 13.6. The number of alkyl halides is 16. The van der Waals surface area contributed by atoms with Gasteiger partial charge in [0.2, 0.25) is 0 Å². The molecule has 0 saturated carbocycles. The lowest BCUT2D eigenvalue weighted by Crippen LogP contribution is -2.74. The predicted molar refractivity (Wildman–Crippen MR) is 78.6 cm³/mol. The van der Waals surface area contributed by atoms with Crippen molar-refractivity contribution in [2.24, 2.45) is 0 Å².